The summed E-state index contributed by atoms with van der Waals surface area (Å²) < 4.78 is 13.0. The molecule has 142 valence electrons. The highest BCUT2D eigenvalue weighted by Gasteiger charge is 2.32. The highest BCUT2D eigenvalue weighted by Crippen LogP contribution is 2.24. The first-order valence-electron chi connectivity index (χ1n) is 9.18. The van der Waals surface area contributed by atoms with Crippen LogP contribution in [0.4, 0.5) is 14.9 Å². The molecule has 1 aromatic carbocycles. The minimum Gasteiger partial charge on any atom is -0.481 e. The Labute approximate surface area is 153 Å². The lowest BCUT2D eigenvalue weighted by atomic mass is 9.91. The van der Waals surface area contributed by atoms with Crippen LogP contribution in [0.3, 0.4) is 0 Å². The van der Waals surface area contributed by atoms with E-state index in [9.17, 15) is 19.1 Å². The molecule has 2 aliphatic rings. The van der Waals surface area contributed by atoms with Gasteiger partial charge in [-0.2, -0.15) is 0 Å². The topological polar surface area (TPSA) is 72.9 Å². The van der Waals surface area contributed by atoms with E-state index in [0.717, 1.165) is 25.2 Å². The van der Waals surface area contributed by atoms with Crippen molar-refractivity contribution in [3.63, 3.8) is 0 Å². The van der Waals surface area contributed by atoms with E-state index in [1.807, 2.05) is 6.92 Å². The van der Waals surface area contributed by atoms with Crippen molar-refractivity contribution in [2.75, 3.05) is 37.6 Å². The number of hydrogen-bond donors (Lipinski definition) is 2. The van der Waals surface area contributed by atoms with Gasteiger partial charge in [-0.15, -0.1) is 0 Å². The van der Waals surface area contributed by atoms with Crippen LogP contribution in [0.1, 0.15) is 19.8 Å². The van der Waals surface area contributed by atoms with Crippen LogP contribution in [-0.2, 0) is 4.79 Å². The summed E-state index contributed by atoms with van der Waals surface area (Å²) >= 11 is 0. The molecule has 6 nitrogen and oxygen atoms in total. The molecule has 1 aromatic rings. The number of carboxylic acids is 1. The lowest BCUT2D eigenvalue weighted by Crippen LogP contribution is -2.50. The highest BCUT2D eigenvalue weighted by atomic mass is 19.1. The maximum atomic E-state index is 13.0. The van der Waals surface area contributed by atoms with Gasteiger partial charge >= 0.3 is 12.0 Å². The molecule has 2 amide bonds. The molecule has 0 bridgehead atoms. The summed E-state index contributed by atoms with van der Waals surface area (Å²) in [7, 11) is 0. The van der Waals surface area contributed by atoms with Crippen molar-refractivity contribution in [2.45, 2.75) is 19.8 Å². The van der Waals surface area contributed by atoms with Crippen LogP contribution in [0.25, 0.3) is 0 Å². The van der Waals surface area contributed by atoms with Crippen molar-refractivity contribution in [1.82, 2.24) is 10.2 Å². The standard InChI is InChI=1S/C19H26FN3O3/c1-13-8-15(18(24)25)12-23(10-13)19(26)21-9-14-6-7-22(11-14)17-4-2-16(20)3-5-17/h2-5,13-15H,6-12H2,1H3,(H,21,26)(H,24,25). The Morgan fingerprint density at radius 3 is 2.65 bits per heavy atom. The summed E-state index contributed by atoms with van der Waals surface area (Å²) in [5, 5.41) is 12.2. The molecule has 2 saturated heterocycles. The highest BCUT2D eigenvalue weighted by molar-refractivity contribution is 5.76. The van der Waals surface area contributed by atoms with Gasteiger partial charge in [0, 0.05) is 38.4 Å². The second-order valence-electron chi connectivity index (χ2n) is 7.54. The molecule has 2 heterocycles. The molecule has 0 radical (unpaired) electrons. The quantitative estimate of drug-likeness (QED) is 0.862. The third-order valence-corrected chi connectivity index (χ3v) is 5.32. The Bertz CT molecular complexity index is 652. The van der Waals surface area contributed by atoms with E-state index in [0.29, 0.717) is 25.4 Å². The maximum Gasteiger partial charge on any atom is 0.317 e. The molecule has 0 saturated carbocycles. The van der Waals surface area contributed by atoms with Crippen LogP contribution in [0, 0.1) is 23.6 Å². The SMILES string of the molecule is CC1CC(C(=O)O)CN(C(=O)NCC2CCN(c3ccc(F)cc3)C2)C1. The first kappa shape index (κ1) is 18.5. The van der Waals surface area contributed by atoms with Crippen molar-refractivity contribution in [2.24, 2.45) is 17.8 Å². The number of halogens is 1. The molecule has 3 rings (SSSR count). The number of nitrogens with zero attached hydrogens (tertiary/aromatic N) is 2. The van der Waals surface area contributed by atoms with Gasteiger partial charge in [-0.3, -0.25) is 4.79 Å². The van der Waals surface area contributed by atoms with E-state index in [1.165, 1.54) is 12.1 Å². The minimum absolute atomic E-state index is 0.178. The fourth-order valence-corrected chi connectivity index (χ4v) is 3.93. The molecule has 2 fully saturated rings. The summed E-state index contributed by atoms with van der Waals surface area (Å²) in [4.78, 5) is 27.5. The Morgan fingerprint density at radius 1 is 1.23 bits per heavy atom. The zero-order valence-corrected chi connectivity index (χ0v) is 15.0. The Morgan fingerprint density at radius 2 is 1.96 bits per heavy atom. The van der Waals surface area contributed by atoms with Gasteiger partial charge in [-0.1, -0.05) is 6.92 Å². The van der Waals surface area contributed by atoms with Crippen molar-refractivity contribution in [3.8, 4) is 0 Å². The molecule has 0 aliphatic carbocycles. The summed E-state index contributed by atoms with van der Waals surface area (Å²) in [6.07, 6.45) is 1.58. The maximum absolute atomic E-state index is 13.0. The molecule has 2 N–H and O–H groups in total. The summed E-state index contributed by atoms with van der Waals surface area (Å²) in [6.45, 7) is 5.13. The van der Waals surface area contributed by atoms with E-state index in [-0.39, 0.29) is 24.3 Å². The van der Waals surface area contributed by atoms with Crippen LogP contribution in [0.2, 0.25) is 0 Å². The van der Waals surface area contributed by atoms with Crippen molar-refractivity contribution >= 4 is 17.7 Å². The minimum atomic E-state index is -0.833. The van der Waals surface area contributed by atoms with E-state index in [2.05, 4.69) is 10.2 Å². The Balaban J connectivity index is 1.47. The number of amides is 2. The number of nitrogens with one attached hydrogen (secondary N) is 1. The monoisotopic (exact) mass is 363 g/mol. The van der Waals surface area contributed by atoms with Crippen molar-refractivity contribution < 1.29 is 19.1 Å². The smallest absolute Gasteiger partial charge is 0.317 e. The number of piperidine rings is 1. The van der Waals surface area contributed by atoms with Gasteiger partial charge in [0.05, 0.1) is 5.92 Å². The van der Waals surface area contributed by atoms with Crippen molar-refractivity contribution in [1.29, 1.82) is 0 Å². The lowest BCUT2D eigenvalue weighted by molar-refractivity contribution is -0.143. The number of aliphatic carboxylic acids is 1. The Hall–Kier alpha value is -2.31. The molecule has 3 atom stereocenters. The number of hydrogen-bond acceptors (Lipinski definition) is 3. The third kappa shape index (κ3) is 4.45. The molecule has 2 aliphatic heterocycles. The average Bonchev–Trinajstić information content (AvgIpc) is 3.08. The number of anilines is 1. The van der Waals surface area contributed by atoms with Gasteiger partial charge in [0.15, 0.2) is 0 Å². The number of likely N-dealkylation sites (tertiary alicyclic amines) is 1. The molecule has 3 unspecified atom stereocenters. The summed E-state index contributed by atoms with van der Waals surface area (Å²) in [6, 6.07) is 6.29. The number of rotatable bonds is 4. The van der Waals surface area contributed by atoms with Crippen LogP contribution in [0.15, 0.2) is 24.3 Å². The van der Waals surface area contributed by atoms with Gasteiger partial charge in [0.1, 0.15) is 5.82 Å². The van der Waals surface area contributed by atoms with Crippen LogP contribution < -0.4 is 10.2 Å². The van der Waals surface area contributed by atoms with Gasteiger partial charge in [0.2, 0.25) is 0 Å². The van der Waals surface area contributed by atoms with Crippen molar-refractivity contribution in [3.05, 3.63) is 30.1 Å². The first-order chi connectivity index (χ1) is 12.4. The lowest BCUT2D eigenvalue weighted by Gasteiger charge is -2.34. The number of benzene rings is 1. The number of urea groups is 1. The Kier molecular flexibility index (Phi) is 5.64. The molecule has 7 heteroatoms. The summed E-state index contributed by atoms with van der Waals surface area (Å²) in [5.74, 6) is -1.03. The number of carboxylic acid groups (broad SMARTS) is 1. The van der Waals surface area contributed by atoms with Crippen LogP contribution >= 0.6 is 0 Å². The molecular formula is C19H26FN3O3. The van der Waals surface area contributed by atoms with E-state index in [4.69, 9.17) is 0 Å². The van der Waals surface area contributed by atoms with Gasteiger partial charge < -0.3 is 20.2 Å². The zero-order chi connectivity index (χ0) is 18.7. The van der Waals surface area contributed by atoms with E-state index in [1.54, 1.807) is 17.0 Å². The molecule has 26 heavy (non-hydrogen) atoms. The predicted molar refractivity (Wildman–Crippen MR) is 96.6 cm³/mol. The fraction of sp³-hybridized carbons (Fsp3) is 0.579. The van der Waals surface area contributed by atoms with E-state index >= 15 is 0 Å². The average molecular weight is 363 g/mol. The predicted octanol–water partition coefficient (Wildman–Crippen LogP) is 2.40. The number of carbonyl (C=O) groups excluding carboxylic acids is 1. The fourth-order valence-electron chi connectivity index (χ4n) is 3.93. The van der Waals surface area contributed by atoms with E-state index < -0.39 is 11.9 Å². The number of carbonyl (C=O) groups is 2. The van der Waals surface area contributed by atoms with Gasteiger partial charge in [-0.25, -0.2) is 9.18 Å². The van der Waals surface area contributed by atoms with Gasteiger partial charge in [-0.05, 0) is 48.9 Å². The van der Waals surface area contributed by atoms with Gasteiger partial charge in [0.25, 0.3) is 0 Å². The second-order valence-corrected chi connectivity index (χ2v) is 7.54. The molecule has 0 spiro atoms. The zero-order valence-electron chi connectivity index (χ0n) is 15.0. The molecular weight excluding hydrogens is 337 g/mol. The summed E-state index contributed by atoms with van der Waals surface area (Å²) in [5.41, 5.74) is 0.995. The second kappa shape index (κ2) is 7.93. The normalized spacial score (nSPS) is 26.0. The van der Waals surface area contributed by atoms with Crippen LogP contribution in [-0.4, -0.2) is 54.7 Å². The first-order valence-corrected chi connectivity index (χ1v) is 9.18. The molecule has 0 aromatic heterocycles. The van der Waals surface area contributed by atoms with Crippen LogP contribution in [0.5, 0.6) is 0 Å². The third-order valence-electron chi connectivity index (χ3n) is 5.32. The largest absolute Gasteiger partial charge is 0.481 e.